The largest absolute Gasteiger partial charge is 0.507 e. The molecule has 0 bridgehead atoms. The lowest BCUT2D eigenvalue weighted by atomic mass is 9.85. The summed E-state index contributed by atoms with van der Waals surface area (Å²) >= 11 is 0. The van der Waals surface area contributed by atoms with Crippen LogP contribution in [0.25, 0.3) is 6.08 Å². The fourth-order valence-corrected chi connectivity index (χ4v) is 3.43. The third-order valence-electron chi connectivity index (χ3n) is 5.18. The molecule has 2 aromatic rings. The molecule has 6 nitrogen and oxygen atoms in total. The number of hydrogen-bond acceptors (Lipinski definition) is 6. The number of ketones is 2. The third kappa shape index (κ3) is 5.87. The molecule has 0 fully saturated rings. The molecule has 0 heterocycles. The SMILES string of the molecule is CC(C)=CCC(OC(=O)/C=C/c1ccc(C(F)(F)F)cc1)C1=CC(=O)c2c(O)ccc(O)c2C1=O. The number of ether oxygens (including phenoxy) is 1. The first kappa shape index (κ1) is 25.5. The lowest BCUT2D eigenvalue weighted by molar-refractivity contribution is -0.141. The minimum absolute atomic E-state index is 0.0436. The summed E-state index contributed by atoms with van der Waals surface area (Å²) in [5, 5.41) is 20.1. The maximum absolute atomic E-state index is 13.1. The standard InChI is InChI=1S/C26H21F3O6/c1-14(2)3-11-21(17-13-20(32)23-18(30)9-10-19(31)24(23)25(17)34)35-22(33)12-6-15-4-7-16(8-5-15)26(27,28)29/h3-10,12-13,21,30-31H,11H2,1-2H3/b12-6+. The van der Waals surface area contributed by atoms with Gasteiger partial charge in [-0.2, -0.15) is 13.2 Å². The van der Waals surface area contributed by atoms with Crippen molar-refractivity contribution in [1.29, 1.82) is 0 Å². The lowest BCUT2D eigenvalue weighted by Gasteiger charge is -2.23. The summed E-state index contributed by atoms with van der Waals surface area (Å²) in [7, 11) is 0. The normalized spacial score (nSPS) is 14.4. The molecule has 2 N–H and O–H groups in total. The molecule has 0 aliphatic heterocycles. The Morgan fingerprint density at radius 3 is 2.17 bits per heavy atom. The number of carbonyl (C=O) groups is 3. The number of hydrogen-bond donors (Lipinski definition) is 2. The van der Waals surface area contributed by atoms with Gasteiger partial charge in [-0.1, -0.05) is 23.8 Å². The summed E-state index contributed by atoms with van der Waals surface area (Å²) in [6.45, 7) is 3.57. The van der Waals surface area contributed by atoms with Crippen LogP contribution in [0.2, 0.25) is 0 Å². The number of Topliss-reactive ketones (excluding diaryl/α,β-unsaturated/α-hetero) is 1. The number of benzene rings is 2. The molecule has 35 heavy (non-hydrogen) atoms. The Morgan fingerprint density at radius 1 is 1.00 bits per heavy atom. The van der Waals surface area contributed by atoms with Crippen molar-refractivity contribution in [2.75, 3.05) is 0 Å². The van der Waals surface area contributed by atoms with Gasteiger partial charge >= 0.3 is 12.1 Å². The van der Waals surface area contributed by atoms with Crippen LogP contribution in [0.15, 0.2) is 65.8 Å². The minimum Gasteiger partial charge on any atom is -0.507 e. The Balaban J connectivity index is 1.86. The van der Waals surface area contributed by atoms with Gasteiger partial charge in [0.2, 0.25) is 0 Å². The van der Waals surface area contributed by atoms with Crippen LogP contribution in [0.3, 0.4) is 0 Å². The molecular weight excluding hydrogens is 465 g/mol. The van der Waals surface area contributed by atoms with E-state index < -0.39 is 46.9 Å². The van der Waals surface area contributed by atoms with E-state index in [2.05, 4.69) is 0 Å². The van der Waals surface area contributed by atoms with E-state index in [4.69, 9.17) is 4.74 Å². The zero-order valence-corrected chi connectivity index (χ0v) is 18.7. The molecule has 1 aliphatic carbocycles. The average Bonchev–Trinajstić information content (AvgIpc) is 2.78. The highest BCUT2D eigenvalue weighted by Crippen LogP contribution is 2.36. The first-order valence-corrected chi connectivity index (χ1v) is 10.4. The Kier molecular flexibility index (Phi) is 7.28. The van der Waals surface area contributed by atoms with Gasteiger partial charge in [0.1, 0.15) is 17.6 Å². The van der Waals surface area contributed by atoms with Crippen molar-refractivity contribution < 1.29 is 42.5 Å². The van der Waals surface area contributed by atoms with E-state index in [-0.39, 0.29) is 23.1 Å². The number of aromatic hydroxyl groups is 2. The van der Waals surface area contributed by atoms with Crippen molar-refractivity contribution in [2.45, 2.75) is 32.5 Å². The van der Waals surface area contributed by atoms with Crippen LogP contribution in [0, 0.1) is 0 Å². The summed E-state index contributed by atoms with van der Waals surface area (Å²) in [4.78, 5) is 38.2. The van der Waals surface area contributed by atoms with Gasteiger partial charge in [0.05, 0.1) is 16.7 Å². The van der Waals surface area contributed by atoms with Crippen LogP contribution in [-0.4, -0.2) is 33.9 Å². The van der Waals surface area contributed by atoms with E-state index in [9.17, 15) is 37.8 Å². The van der Waals surface area contributed by atoms with Gasteiger partial charge in [0.15, 0.2) is 11.6 Å². The van der Waals surface area contributed by atoms with Crippen molar-refractivity contribution in [3.8, 4) is 11.5 Å². The van der Waals surface area contributed by atoms with Gasteiger partial charge in [-0.15, -0.1) is 0 Å². The maximum atomic E-state index is 13.1. The number of carbonyl (C=O) groups excluding carboxylic acids is 3. The topological polar surface area (TPSA) is 101 Å². The minimum atomic E-state index is -4.49. The number of halogens is 3. The molecule has 0 radical (unpaired) electrons. The summed E-state index contributed by atoms with van der Waals surface area (Å²) < 4.78 is 43.5. The quantitative estimate of drug-likeness (QED) is 0.245. The van der Waals surface area contributed by atoms with Gasteiger partial charge in [-0.3, -0.25) is 9.59 Å². The van der Waals surface area contributed by atoms with Crippen molar-refractivity contribution in [1.82, 2.24) is 0 Å². The van der Waals surface area contributed by atoms with Crippen LogP contribution < -0.4 is 0 Å². The Labute approximate surface area is 198 Å². The van der Waals surface area contributed by atoms with Gasteiger partial charge < -0.3 is 14.9 Å². The number of fused-ring (bicyclic) bond motifs is 1. The van der Waals surface area contributed by atoms with E-state index in [0.717, 1.165) is 42.0 Å². The summed E-state index contributed by atoms with van der Waals surface area (Å²) in [5.41, 5.74) is -0.576. The molecule has 1 atom stereocenters. The number of phenols is 2. The second kappa shape index (κ2) is 10.0. The molecule has 0 saturated heterocycles. The van der Waals surface area contributed by atoms with Gasteiger partial charge in [0.25, 0.3) is 0 Å². The van der Waals surface area contributed by atoms with Gasteiger partial charge in [0, 0.05) is 18.1 Å². The third-order valence-corrected chi connectivity index (χ3v) is 5.18. The molecule has 0 aromatic heterocycles. The highest BCUT2D eigenvalue weighted by molar-refractivity contribution is 6.27. The molecule has 3 rings (SSSR count). The molecule has 1 unspecified atom stereocenters. The first-order valence-electron chi connectivity index (χ1n) is 10.4. The van der Waals surface area contributed by atoms with E-state index in [1.54, 1.807) is 19.9 Å². The zero-order chi connectivity index (χ0) is 25.9. The van der Waals surface area contributed by atoms with Crippen molar-refractivity contribution >= 4 is 23.6 Å². The summed E-state index contributed by atoms with van der Waals surface area (Å²) in [6, 6.07) is 6.28. The van der Waals surface area contributed by atoms with Crippen molar-refractivity contribution in [3.05, 3.63) is 88.0 Å². The molecular formula is C26H21F3O6. The van der Waals surface area contributed by atoms with Crippen molar-refractivity contribution in [3.63, 3.8) is 0 Å². The molecule has 182 valence electrons. The van der Waals surface area contributed by atoms with Gasteiger partial charge in [-0.25, -0.2) is 4.79 Å². The molecule has 0 amide bonds. The van der Waals surface area contributed by atoms with Crippen LogP contribution in [0.4, 0.5) is 13.2 Å². The Hall–Kier alpha value is -4.14. The van der Waals surface area contributed by atoms with E-state index >= 15 is 0 Å². The molecule has 0 saturated carbocycles. The fourth-order valence-electron chi connectivity index (χ4n) is 3.43. The molecule has 1 aliphatic rings. The predicted octanol–water partition coefficient (Wildman–Crippen LogP) is 5.40. The Morgan fingerprint density at radius 2 is 1.60 bits per heavy atom. The van der Waals surface area contributed by atoms with E-state index in [1.165, 1.54) is 18.2 Å². The van der Waals surface area contributed by atoms with Crippen molar-refractivity contribution in [2.24, 2.45) is 0 Å². The van der Waals surface area contributed by atoms with E-state index in [0.29, 0.717) is 5.56 Å². The van der Waals surface area contributed by atoms with Gasteiger partial charge in [-0.05, 0) is 55.8 Å². The number of esters is 1. The summed E-state index contributed by atoms with van der Waals surface area (Å²) in [6.07, 6.45) is -0.745. The highest BCUT2D eigenvalue weighted by atomic mass is 19.4. The van der Waals surface area contributed by atoms with Crippen LogP contribution in [0.1, 0.15) is 52.1 Å². The monoisotopic (exact) mass is 486 g/mol. The summed E-state index contributed by atoms with van der Waals surface area (Å²) in [5.74, 6) is -3.38. The van der Waals surface area contributed by atoms with E-state index in [1.807, 2.05) is 0 Å². The molecule has 0 spiro atoms. The highest BCUT2D eigenvalue weighted by Gasteiger charge is 2.35. The zero-order valence-electron chi connectivity index (χ0n) is 18.7. The lowest BCUT2D eigenvalue weighted by Crippen LogP contribution is -2.28. The molecule has 2 aromatic carbocycles. The second-order valence-corrected chi connectivity index (χ2v) is 8.04. The smallest absolute Gasteiger partial charge is 0.416 e. The van der Waals surface area contributed by atoms with Crippen LogP contribution in [-0.2, 0) is 15.7 Å². The fraction of sp³-hybridized carbons (Fsp3) is 0.192. The number of rotatable bonds is 6. The number of allylic oxidation sites excluding steroid dienone is 2. The Bertz CT molecular complexity index is 1260. The first-order chi connectivity index (χ1) is 16.4. The number of alkyl halides is 3. The number of phenolic OH excluding ortho intramolecular Hbond substituents is 2. The van der Waals surface area contributed by atoms with Crippen LogP contribution >= 0.6 is 0 Å². The van der Waals surface area contributed by atoms with Crippen LogP contribution in [0.5, 0.6) is 11.5 Å². The predicted molar refractivity (Wildman–Crippen MR) is 121 cm³/mol. The second-order valence-electron chi connectivity index (χ2n) is 8.04. The molecule has 9 heteroatoms. The maximum Gasteiger partial charge on any atom is 0.416 e. The average molecular weight is 486 g/mol.